The van der Waals surface area contributed by atoms with Gasteiger partial charge in [0.2, 0.25) is 17.7 Å². The van der Waals surface area contributed by atoms with Crippen LogP contribution in [0.1, 0.15) is 24.7 Å². The number of aromatic nitrogens is 5. The summed E-state index contributed by atoms with van der Waals surface area (Å²) in [5, 5.41) is 4.04. The first-order valence-electron chi connectivity index (χ1n) is 10.5. The van der Waals surface area contributed by atoms with Crippen LogP contribution < -0.4 is 10.5 Å². The van der Waals surface area contributed by atoms with Crippen LogP contribution in [-0.2, 0) is 7.05 Å². The second-order valence-electron chi connectivity index (χ2n) is 7.94. The fourth-order valence-corrected chi connectivity index (χ4v) is 4.01. The number of halogens is 2. The lowest BCUT2D eigenvalue weighted by Crippen LogP contribution is -2.38. The Balaban J connectivity index is 1.43. The van der Waals surface area contributed by atoms with Gasteiger partial charge in [0.1, 0.15) is 5.82 Å². The first-order valence-corrected chi connectivity index (χ1v) is 10.5. The molecule has 5 rings (SSSR count). The molecule has 1 atom stereocenters. The van der Waals surface area contributed by atoms with Gasteiger partial charge in [-0.1, -0.05) is 5.16 Å². The van der Waals surface area contributed by atoms with Crippen LogP contribution >= 0.6 is 0 Å². The van der Waals surface area contributed by atoms with E-state index >= 15 is 0 Å². The van der Waals surface area contributed by atoms with E-state index in [1.54, 1.807) is 19.2 Å². The van der Waals surface area contributed by atoms with Crippen LogP contribution in [0.3, 0.4) is 0 Å². The summed E-state index contributed by atoms with van der Waals surface area (Å²) < 4.78 is 34.4. The van der Waals surface area contributed by atoms with Crippen molar-refractivity contribution in [3.05, 3.63) is 76.7 Å². The first-order chi connectivity index (χ1) is 16.0. The van der Waals surface area contributed by atoms with Gasteiger partial charge in [-0.05, 0) is 43.2 Å². The maximum Gasteiger partial charge on any atom is 0.255 e. The molecule has 1 aliphatic rings. The van der Waals surface area contributed by atoms with Crippen molar-refractivity contribution in [1.29, 1.82) is 0 Å². The topological polar surface area (TPSA) is 89.9 Å². The van der Waals surface area contributed by atoms with E-state index in [-0.39, 0.29) is 28.6 Å². The molecule has 1 unspecified atom stereocenters. The van der Waals surface area contributed by atoms with Crippen LogP contribution in [0.2, 0.25) is 0 Å². The molecule has 1 aromatic carbocycles. The Labute approximate surface area is 187 Å². The molecule has 0 amide bonds. The van der Waals surface area contributed by atoms with E-state index in [0.29, 0.717) is 36.3 Å². The SMILES string of the molecule is Cn1c(N2CCCC(c3nc(-c4ccc(F)cc4)no3)C2)nc(-c2ccncc2F)cc1=O. The zero-order chi connectivity index (χ0) is 22.9. The van der Waals surface area contributed by atoms with Gasteiger partial charge < -0.3 is 9.42 Å². The highest BCUT2D eigenvalue weighted by Gasteiger charge is 2.28. The molecule has 1 aliphatic heterocycles. The van der Waals surface area contributed by atoms with Crippen molar-refractivity contribution < 1.29 is 13.3 Å². The Kier molecular flexibility index (Phi) is 5.41. The lowest BCUT2D eigenvalue weighted by Gasteiger charge is -2.32. The van der Waals surface area contributed by atoms with Gasteiger partial charge in [-0.2, -0.15) is 4.98 Å². The lowest BCUT2D eigenvalue weighted by molar-refractivity contribution is 0.332. The molecule has 0 bridgehead atoms. The summed E-state index contributed by atoms with van der Waals surface area (Å²) in [6.45, 7) is 1.19. The van der Waals surface area contributed by atoms with Gasteiger partial charge in [-0.3, -0.25) is 14.3 Å². The molecule has 0 radical (unpaired) electrons. The largest absolute Gasteiger partial charge is 0.341 e. The number of benzene rings is 1. The third kappa shape index (κ3) is 4.11. The molecule has 1 fully saturated rings. The number of pyridine rings is 1. The molecule has 0 N–H and O–H groups in total. The Morgan fingerprint density at radius 3 is 2.73 bits per heavy atom. The number of hydrogen-bond acceptors (Lipinski definition) is 7. The fraction of sp³-hybridized carbons (Fsp3) is 0.261. The summed E-state index contributed by atoms with van der Waals surface area (Å²) in [6, 6.07) is 8.70. The summed E-state index contributed by atoms with van der Waals surface area (Å²) in [7, 11) is 1.64. The second kappa shape index (κ2) is 8.53. The molecule has 0 aliphatic carbocycles. The van der Waals surface area contributed by atoms with Crippen LogP contribution in [0.25, 0.3) is 22.6 Å². The monoisotopic (exact) mass is 450 g/mol. The standard InChI is InChI=1S/C23H20F2N6O2/c1-30-20(32)11-19(17-8-9-26-12-18(17)25)27-23(30)31-10-2-3-15(13-31)22-28-21(29-33-22)14-4-6-16(24)7-5-14/h4-9,11-12,15H,2-3,10,13H2,1H3. The highest BCUT2D eigenvalue weighted by atomic mass is 19.1. The maximum atomic E-state index is 14.3. The van der Waals surface area contributed by atoms with Crippen LogP contribution in [0.5, 0.6) is 0 Å². The highest BCUT2D eigenvalue weighted by Crippen LogP contribution is 2.30. The van der Waals surface area contributed by atoms with E-state index < -0.39 is 5.82 Å². The van der Waals surface area contributed by atoms with Crippen LogP contribution in [-0.4, -0.2) is 37.8 Å². The van der Waals surface area contributed by atoms with Crippen molar-refractivity contribution in [3.63, 3.8) is 0 Å². The van der Waals surface area contributed by atoms with E-state index in [1.165, 1.54) is 35.0 Å². The van der Waals surface area contributed by atoms with Gasteiger partial charge >= 0.3 is 0 Å². The first kappa shape index (κ1) is 20.9. The van der Waals surface area contributed by atoms with Gasteiger partial charge in [0.15, 0.2) is 5.82 Å². The molecule has 4 heterocycles. The molecule has 33 heavy (non-hydrogen) atoms. The van der Waals surface area contributed by atoms with Gasteiger partial charge in [-0.25, -0.2) is 13.8 Å². The normalized spacial score (nSPS) is 16.2. The van der Waals surface area contributed by atoms with E-state index in [2.05, 4.69) is 20.1 Å². The lowest BCUT2D eigenvalue weighted by atomic mass is 9.98. The smallest absolute Gasteiger partial charge is 0.255 e. The maximum absolute atomic E-state index is 14.3. The highest BCUT2D eigenvalue weighted by molar-refractivity contribution is 5.60. The van der Waals surface area contributed by atoms with Crippen molar-refractivity contribution in [1.82, 2.24) is 24.7 Å². The minimum absolute atomic E-state index is 0.0707. The van der Waals surface area contributed by atoms with Gasteiger partial charge in [0.05, 0.1) is 17.8 Å². The Morgan fingerprint density at radius 2 is 1.94 bits per heavy atom. The molecular formula is C23H20F2N6O2. The van der Waals surface area contributed by atoms with E-state index in [1.807, 2.05) is 4.90 Å². The molecule has 8 nitrogen and oxygen atoms in total. The molecule has 1 saturated heterocycles. The third-order valence-electron chi connectivity index (χ3n) is 5.76. The molecule has 0 saturated carbocycles. The Hall–Kier alpha value is -3.95. The molecule has 168 valence electrons. The molecule has 0 spiro atoms. The van der Waals surface area contributed by atoms with Crippen molar-refractivity contribution in [2.75, 3.05) is 18.0 Å². The summed E-state index contributed by atoms with van der Waals surface area (Å²) in [5.41, 5.74) is 0.852. The van der Waals surface area contributed by atoms with Gasteiger partial charge in [0.25, 0.3) is 5.56 Å². The minimum Gasteiger partial charge on any atom is -0.341 e. The summed E-state index contributed by atoms with van der Waals surface area (Å²) in [6.07, 6.45) is 4.21. The Morgan fingerprint density at radius 1 is 1.12 bits per heavy atom. The summed E-state index contributed by atoms with van der Waals surface area (Å²) >= 11 is 0. The van der Waals surface area contributed by atoms with Gasteiger partial charge in [0, 0.05) is 43.5 Å². The molecular weight excluding hydrogens is 430 g/mol. The molecule has 4 aromatic rings. The summed E-state index contributed by atoms with van der Waals surface area (Å²) in [4.78, 5) is 27.4. The van der Waals surface area contributed by atoms with Crippen LogP contribution in [0.4, 0.5) is 14.7 Å². The summed E-state index contributed by atoms with van der Waals surface area (Å²) in [5.74, 6) is 0.357. The van der Waals surface area contributed by atoms with Crippen molar-refractivity contribution in [2.24, 2.45) is 7.05 Å². The minimum atomic E-state index is -0.542. The number of hydrogen-bond donors (Lipinski definition) is 0. The van der Waals surface area contributed by atoms with E-state index in [9.17, 15) is 13.6 Å². The zero-order valence-corrected chi connectivity index (χ0v) is 17.8. The molecule has 10 heteroatoms. The van der Waals surface area contributed by atoms with Crippen molar-refractivity contribution in [3.8, 4) is 22.6 Å². The second-order valence-corrected chi connectivity index (χ2v) is 7.94. The third-order valence-corrected chi connectivity index (χ3v) is 5.76. The zero-order valence-electron chi connectivity index (χ0n) is 17.8. The molecule has 3 aromatic heterocycles. The number of nitrogens with zero attached hydrogens (tertiary/aromatic N) is 6. The van der Waals surface area contributed by atoms with E-state index in [0.717, 1.165) is 19.0 Å². The Bertz CT molecular complexity index is 1350. The fourth-order valence-electron chi connectivity index (χ4n) is 4.01. The van der Waals surface area contributed by atoms with Crippen LogP contribution in [0, 0.1) is 11.6 Å². The van der Waals surface area contributed by atoms with Gasteiger partial charge in [-0.15, -0.1) is 0 Å². The van der Waals surface area contributed by atoms with Crippen molar-refractivity contribution in [2.45, 2.75) is 18.8 Å². The average Bonchev–Trinajstić information content (AvgIpc) is 3.32. The van der Waals surface area contributed by atoms with Crippen LogP contribution in [0.15, 0.2) is 58.1 Å². The number of piperidine rings is 1. The predicted molar refractivity (Wildman–Crippen MR) is 117 cm³/mol. The van der Waals surface area contributed by atoms with Crippen molar-refractivity contribution >= 4 is 5.95 Å². The van der Waals surface area contributed by atoms with E-state index in [4.69, 9.17) is 4.52 Å². The number of rotatable bonds is 4. The predicted octanol–water partition coefficient (Wildman–Crippen LogP) is 3.55. The average molecular weight is 450 g/mol. The number of anilines is 1. The quantitative estimate of drug-likeness (QED) is 0.470.